The summed E-state index contributed by atoms with van der Waals surface area (Å²) >= 11 is 0. The Kier molecular flexibility index (Phi) is 6.49. The molecule has 174 valence electrons. The fourth-order valence-electron chi connectivity index (χ4n) is 3.73. The van der Waals surface area contributed by atoms with E-state index in [1.807, 2.05) is 6.92 Å². The summed E-state index contributed by atoms with van der Waals surface area (Å²) in [5.74, 6) is -1.61. The van der Waals surface area contributed by atoms with E-state index in [4.69, 9.17) is 0 Å². The predicted molar refractivity (Wildman–Crippen MR) is 110 cm³/mol. The molecule has 2 atom stereocenters. The third-order valence-corrected chi connectivity index (χ3v) is 5.53. The van der Waals surface area contributed by atoms with E-state index in [9.17, 15) is 26.3 Å². The number of halogens is 6. The normalized spacial score (nSPS) is 17.7. The average molecular weight is 457 g/mol. The molecule has 0 bridgehead atoms. The summed E-state index contributed by atoms with van der Waals surface area (Å²) in [6.07, 6.45) is -0.920. The molecule has 1 aromatic carbocycles. The van der Waals surface area contributed by atoms with Crippen molar-refractivity contribution in [2.24, 2.45) is 0 Å². The summed E-state index contributed by atoms with van der Waals surface area (Å²) in [5, 5.41) is 6.33. The second kappa shape index (κ2) is 8.67. The molecule has 0 saturated heterocycles. The highest BCUT2D eigenvalue weighted by molar-refractivity contribution is 5.62. The van der Waals surface area contributed by atoms with Gasteiger partial charge in [0.05, 0.1) is 17.3 Å². The molecule has 2 aromatic rings. The number of aromatic nitrogens is 1. The highest BCUT2D eigenvalue weighted by Gasteiger charge is 2.39. The molecule has 0 spiro atoms. The summed E-state index contributed by atoms with van der Waals surface area (Å²) in [5.41, 5.74) is -4.01. The van der Waals surface area contributed by atoms with Crippen LogP contribution in [0.3, 0.4) is 0 Å². The van der Waals surface area contributed by atoms with Crippen LogP contribution in [0.4, 0.5) is 26.3 Å². The highest BCUT2D eigenvalue weighted by Crippen LogP contribution is 2.40. The first kappa shape index (κ1) is 23.9. The fraction of sp³-hybridized carbons (Fsp3) is 0.435. The second-order valence-electron chi connectivity index (χ2n) is 8.45. The van der Waals surface area contributed by atoms with Crippen LogP contribution in [0.15, 0.2) is 36.3 Å². The Morgan fingerprint density at radius 3 is 2.34 bits per heavy atom. The maximum Gasteiger partial charge on any atom is 0.418 e. The van der Waals surface area contributed by atoms with Crippen molar-refractivity contribution in [1.29, 1.82) is 0 Å². The van der Waals surface area contributed by atoms with E-state index in [0.29, 0.717) is 6.20 Å². The molecular formula is C23H25F6N3. The van der Waals surface area contributed by atoms with Crippen molar-refractivity contribution >= 4 is 0 Å². The van der Waals surface area contributed by atoms with Crippen LogP contribution in [0.2, 0.25) is 0 Å². The summed E-state index contributed by atoms with van der Waals surface area (Å²) in [4.78, 5) is 3.64. The topological polar surface area (TPSA) is 37.0 Å². The Morgan fingerprint density at radius 1 is 1.09 bits per heavy atom. The van der Waals surface area contributed by atoms with Crippen molar-refractivity contribution in [2.75, 3.05) is 0 Å². The van der Waals surface area contributed by atoms with Gasteiger partial charge in [-0.15, -0.1) is 0 Å². The first-order valence-corrected chi connectivity index (χ1v) is 10.3. The predicted octanol–water partition coefficient (Wildman–Crippen LogP) is 6.51. The molecule has 1 aliphatic rings. The Labute approximate surface area is 182 Å². The van der Waals surface area contributed by atoms with Crippen molar-refractivity contribution in [3.63, 3.8) is 0 Å². The van der Waals surface area contributed by atoms with Gasteiger partial charge in [-0.05, 0) is 45.4 Å². The SMILES string of the molecule is CC[C@H]1CC(NC(C)c2cc(F)c(-c3cc(C(C)(C)F)c(C(F)(F)F)cn3)cc2F)=CN1. The average Bonchev–Trinajstić information content (AvgIpc) is 3.15. The molecule has 2 heterocycles. The zero-order valence-corrected chi connectivity index (χ0v) is 18.2. The summed E-state index contributed by atoms with van der Waals surface area (Å²) < 4.78 is 84.0. The summed E-state index contributed by atoms with van der Waals surface area (Å²) in [6, 6.07) is 2.42. The summed E-state index contributed by atoms with van der Waals surface area (Å²) in [7, 11) is 0. The highest BCUT2D eigenvalue weighted by atomic mass is 19.4. The minimum Gasteiger partial charge on any atom is -0.386 e. The van der Waals surface area contributed by atoms with E-state index in [1.54, 1.807) is 13.1 Å². The minimum absolute atomic E-state index is 0.0602. The molecule has 2 N–H and O–H groups in total. The molecule has 1 aromatic heterocycles. The van der Waals surface area contributed by atoms with Crippen LogP contribution in [0.5, 0.6) is 0 Å². The maximum atomic E-state index is 14.9. The Hall–Kier alpha value is -2.71. The maximum absolute atomic E-state index is 14.9. The van der Waals surface area contributed by atoms with Crippen molar-refractivity contribution in [2.45, 2.75) is 64.5 Å². The smallest absolute Gasteiger partial charge is 0.386 e. The quantitative estimate of drug-likeness (QED) is 0.486. The number of hydrogen-bond acceptors (Lipinski definition) is 3. The number of nitrogens with one attached hydrogen (secondary N) is 2. The summed E-state index contributed by atoms with van der Waals surface area (Å²) in [6.45, 7) is 5.64. The lowest BCUT2D eigenvalue weighted by Gasteiger charge is -2.22. The van der Waals surface area contributed by atoms with E-state index in [1.165, 1.54) is 0 Å². The van der Waals surface area contributed by atoms with Crippen LogP contribution in [-0.4, -0.2) is 11.0 Å². The molecular weight excluding hydrogens is 432 g/mol. The fourth-order valence-corrected chi connectivity index (χ4v) is 3.73. The Morgan fingerprint density at radius 2 is 1.78 bits per heavy atom. The van der Waals surface area contributed by atoms with E-state index in [0.717, 1.165) is 50.6 Å². The van der Waals surface area contributed by atoms with Gasteiger partial charge in [-0.1, -0.05) is 6.92 Å². The van der Waals surface area contributed by atoms with Crippen molar-refractivity contribution < 1.29 is 26.3 Å². The van der Waals surface area contributed by atoms with Gasteiger partial charge in [0.2, 0.25) is 0 Å². The zero-order valence-electron chi connectivity index (χ0n) is 18.2. The molecule has 0 radical (unpaired) electrons. The molecule has 0 aliphatic carbocycles. The molecule has 0 fully saturated rings. The van der Waals surface area contributed by atoms with Crippen molar-refractivity contribution in [3.05, 3.63) is 64.6 Å². The van der Waals surface area contributed by atoms with Crippen molar-refractivity contribution in [1.82, 2.24) is 15.6 Å². The third kappa shape index (κ3) is 5.02. The first-order valence-electron chi connectivity index (χ1n) is 10.3. The van der Waals surface area contributed by atoms with Gasteiger partial charge < -0.3 is 10.6 Å². The van der Waals surface area contributed by atoms with E-state index in [2.05, 4.69) is 15.6 Å². The standard InChI is InChI=1S/C23H25F6N3/c1-5-13-6-14(10-30-13)32-12(2)15-7-20(25)16(8-19(15)24)21-9-17(22(3,4)26)18(11-31-21)23(27,28)29/h7-13,30,32H,5-6H2,1-4H3/t12?,13-/m0/s1. The number of rotatable bonds is 6. The molecule has 3 rings (SSSR count). The molecule has 9 heteroatoms. The molecule has 0 amide bonds. The van der Waals surface area contributed by atoms with Gasteiger partial charge in [0, 0.05) is 47.2 Å². The monoisotopic (exact) mass is 457 g/mol. The van der Waals surface area contributed by atoms with Gasteiger partial charge in [0.15, 0.2) is 0 Å². The van der Waals surface area contributed by atoms with Crippen LogP contribution in [-0.2, 0) is 11.8 Å². The zero-order chi connectivity index (χ0) is 23.8. The second-order valence-corrected chi connectivity index (χ2v) is 8.45. The Bertz CT molecular complexity index is 1020. The van der Waals surface area contributed by atoms with Gasteiger partial charge in [-0.2, -0.15) is 13.2 Å². The number of benzene rings is 1. The van der Waals surface area contributed by atoms with Crippen LogP contribution in [0.1, 0.15) is 63.3 Å². The van der Waals surface area contributed by atoms with Gasteiger partial charge >= 0.3 is 6.18 Å². The van der Waals surface area contributed by atoms with Gasteiger partial charge in [-0.3, -0.25) is 4.98 Å². The van der Waals surface area contributed by atoms with E-state index < -0.39 is 40.6 Å². The van der Waals surface area contributed by atoms with E-state index in [-0.39, 0.29) is 22.9 Å². The molecule has 1 aliphatic heterocycles. The van der Waals surface area contributed by atoms with Gasteiger partial charge in [-0.25, -0.2) is 13.2 Å². The van der Waals surface area contributed by atoms with Gasteiger partial charge in [0.1, 0.15) is 17.3 Å². The lowest BCUT2D eigenvalue weighted by molar-refractivity contribution is -0.139. The lowest BCUT2D eigenvalue weighted by atomic mass is 9.93. The largest absolute Gasteiger partial charge is 0.418 e. The Balaban J connectivity index is 1.94. The molecule has 32 heavy (non-hydrogen) atoms. The van der Waals surface area contributed by atoms with Crippen LogP contribution < -0.4 is 10.6 Å². The molecule has 3 nitrogen and oxygen atoms in total. The number of hydrogen-bond donors (Lipinski definition) is 2. The molecule has 0 saturated carbocycles. The number of nitrogens with zero attached hydrogens (tertiary/aromatic N) is 1. The lowest BCUT2D eigenvalue weighted by Crippen LogP contribution is -2.21. The minimum atomic E-state index is -4.83. The number of pyridine rings is 1. The number of alkyl halides is 4. The van der Waals surface area contributed by atoms with Crippen molar-refractivity contribution in [3.8, 4) is 11.3 Å². The van der Waals surface area contributed by atoms with Gasteiger partial charge in [0.25, 0.3) is 0 Å². The first-order chi connectivity index (χ1) is 14.8. The third-order valence-electron chi connectivity index (χ3n) is 5.53. The van der Waals surface area contributed by atoms with E-state index >= 15 is 0 Å². The van der Waals surface area contributed by atoms with Crippen LogP contribution in [0.25, 0.3) is 11.3 Å². The van der Waals surface area contributed by atoms with Crippen LogP contribution in [0, 0.1) is 11.6 Å². The van der Waals surface area contributed by atoms with Crippen LogP contribution >= 0.6 is 0 Å². The molecule has 1 unspecified atom stereocenters.